The molecule has 0 spiro atoms. The second-order valence-electron chi connectivity index (χ2n) is 6.85. The van der Waals surface area contributed by atoms with E-state index in [9.17, 15) is 9.59 Å². The molecule has 0 aliphatic heterocycles. The number of aromatic nitrogens is 1. The Kier molecular flexibility index (Phi) is 4.77. The molecule has 4 rings (SSSR count). The first kappa shape index (κ1) is 17.7. The molecule has 0 bridgehead atoms. The molecule has 0 aliphatic carbocycles. The van der Waals surface area contributed by atoms with E-state index in [1.54, 1.807) is 12.1 Å². The molecule has 0 radical (unpaired) electrons. The summed E-state index contributed by atoms with van der Waals surface area (Å²) < 4.78 is 0. The summed E-state index contributed by atoms with van der Waals surface area (Å²) in [6.45, 7) is 2.39. The maximum Gasteiger partial charge on any atom is 0.261 e. The predicted octanol–water partition coefficient (Wildman–Crippen LogP) is 4.43. The Hall–Kier alpha value is -3.66. The van der Waals surface area contributed by atoms with Gasteiger partial charge in [-0.1, -0.05) is 66.2 Å². The van der Waals surface area contributed by atoms with Gasteiger partial charge in [0.1, 0.15) is 5.56 Å². The number of pyridine rings is 1. The molecule has 0 aliphatic rings. The molecule has 1 heterocycles. The molecule has 28 heavy (non-hydrogen) atoms. The van der Waals surface area contributed by atoms with Crippen molar-refractivity contribution in [3.8, 4) is 11.3 Å². The number of hydrogen-bond acceptors (Lipinski definition) is 2. The molecule has 1 aromatic heterocycles. The van der Waals surface area contributed by atoms with Gasteiger partial charge in [0.15, 0.2) is 0 Å². The molecule has 3 aromatic carbocycles. The lowest BCUT2D eigenvalue weighted by atomic mass is 10.0. The fourth-order valence-corrected chi connectivity index (χ4v) is 3.16. The van der Waals surface area contributed by atoms with Crippen molar-refractivity contribution in [2.45, 2.75) is 13.5 Å². The van der Waals surface area contributed by atoms with Crippen molar-refractivity contribution in [3.05, 3.63) is 106 Å². The van der Waals surface area contributed by atoms with Gasteiger partial charge in [0.2, 0.25) is 0 Å². The molecule has 4 heteroatoms. The number of aryl methyl sites for hydroxylation is 1. The largest absolute Gasteiger partial charge is 0.348 e. The molecule has 0 atom stereocenters. The van der Waals surface area contributed by atoms with Crippen molar-refractivity contribution >= 4 is 16.7 Å². The van der Waals surface area contributed by atoms with Gasteiger partial charge < -0.3 is 10.3 Å². The van der Waals surface area contributed by atoms with E-state index in [0.717, 1.165) is 27.5 Å². The van der Waals surface area contributed by atoms with Gasteiger partial charge in [-0.05, 0) is 47.0 Å². The first-order valence-corrected chi connectivity index (χ1v) is 9.16. The molecule has 0 saturated carbocycles. The van der Waals surface area contributed by atoms with Crippen molar-refractivity contribution in [2.24, 2.45) is 0 Å². The topological polar surface area (TPSA) is 62.0 Å². The van der Waals surface area contributed by atoms with Crippen LogP contribution >= 0.6 is 0 Å². The van der Waals surface area contributed by atoms with Crippen LogP contribution in [0.1, 0.15) is 21.5 Å². The Bertz CT molecular complexity index is 1210. The fraction of sp³-hybridized carbons (Fsp3) is 0.0833. The lowest BCUT2D eigenvalue weighted by molar-refractivity contribution is 0.0949. The minimum absolute atomic E-state index is 0.108. The van der Waals surface area contributed by atoms with E-state index in [4.69, 9.17) is 0 Å². The highest BCUT2D eigenvalue weighted by molar-refractivity contribution is 5.94. The standard InChI is InChI=1S/C24H20N2O2/c1-16-6-8-17(9-7-16)15-25-23(27)21-12-13-22(26-24(21)28)20-11-10-18-4-2-3-5-19(18)14-20/h2-14H,15H2,1H3,(H,25,27)(H,26,28). The number of H-pyrrole nitrogens is 1. The van der Waals surface area contributed by atoms with Crippen molar-refractivity contribution in [1.29, 1.82) is 0 Å². The number of aromatic amines is 1. The number of carbonyl (C=O) groups excluding carboxylic acids is 1. The summed E-state index contributed by atoms with van der Waals surface area (Å²) in [5.41, 5.74) is 3.45. The Labute approximate surface area is 162 Å². The summed E-state index contributed by atoms with van der Waals surface area (Å²) in [5.74, 6) is -0.383. The van der Waals surface area contributed by atoms with E-state index in [1.807, 2.05) is 73.7 Å². The van der Waals surface area contributed by atoms with Crippen LogP contribution in [0.3, 0.4) is 0 Å². The van der Waals surface area contributed by atoms with Gasteiger partial charge in [-0.25, -0.2) is 0 Å². The highest BCUT2D eigenvalue weighted by Crippen LogP contribution is 2.22. The first-order chi connectivity index (χ1) is 13.6. The second-order valence-corrected chi connectivity index (χ2v) is 6.85. The molecular formula is C24H20N2O2. The van der Waals surface area contributed by atoms with Crippen molar-refractivity contribution in [3.63, 3.8) is 0 Å². The van der Waals surface area contributed by atoms with Crippen molar-refractivity contribution < 1.29 is 4.79 Å². The Balaban J connectivity index is 1.54. The van der Waals surface area contributed by atoms with E-state index in [1.165, 1.54) is 0 Å². The number of carbonyl (C=O) groups is 1. The number of hydrogen-bond donors (Lipinski definition) is 2. The lowest BCUT2D eigenvalue weighted by Gasteiger charge is -2.07. The molecule has 0 unspecified atom stereocenters. The Morgan fingerprint density at radius 1 is 0.893 bits per heavy atom. The Morgan fingerprint density at radius 3 is 2.39 bits per heavy atom. The van der Waals surface area contributed by atoms with Crippen LogP contribution in [-0.2, 0) is 6.54 Å². The molecule has 0 fully saturated rings. The smallest absolute Gasteiger partial charge is 0.261 e. The predicted molar refractivity (Wildman–Crippen MR) is 112 cm³/mol. The summed E-state index contributed by atoms with van der Waals surface area (Å²) in [6, 6.07) is 25.3. The maximum atomic E-state index is 12.5. The second kappa shape index (κ2) is 7.53. The van der Waals surface area contributed by atoms with Crippen LogP contribution < -0.4 is 10.9 Å². The zero-order chi connectivity index (χ0) is 19.5. The molecule has 138 valence electrons. The monoisotopic (exact) mass is 368 g/mol. The van der Waals surface area contributed by atoms with E-state index < -0.39 is 5.56 Å². The molecule has 4 aromatic rings. The van der Waals surface area contributed by atoms with Gasteiger partial charge in [0.05, 0.1) is 0 Å². The summed E-state index contributed by atoms with van der Waals surface area (Å²) in [6.07, 6.45) is 0. The molecule has 0 saturated heterocycles. The quantitative estimate of drug-likeness (QED) is 0.560. The number of benzene rings is 3. The summed E-state index contributed by atoms with van der Waals surface area (Å²) in [5, 5.41) is 5.04. The zero-order valence-electron chi connectivity index (χ0n) is 15.5. The van der Waals surface area contributed by atoms with Crippen molar-refractivity contribution in [1.82, 2.24) is 10.3 Å². The van der Waals surface area contributed by atoms with Crippen LogP contribution in [0.2, 0.25) is 0 Å². The average Bonchev–Trinajstić information content (AvgIpc) is 2.72. The minimum Gasteiger partial charge on any atom is -0.348 e. The third-order valence-corrected chi connectivity index (χ3v) is 4.79. The van der Waals surface area contributed by atoms with Gasteiger partial charge in [0.25, 0.3) is 11.5 Å². The minimum atomic E-state index is -0.396. The number of amides is 1. The van der Waals surface area contributed by atoms with Crippen LogP contribution in [0.25, 0.3) is 22.0 Å². The zero-order valence-corrected chi connectivity index (χ0v) is 15.5. The van der Waals surface area contributed by atoms with Gasteiger partial charge >= 0.3 is 0 Å². The molecular weight excluding hydrogens is 348 g/mol. The highest BCUT2D eigenvalue weighted by Gasteiger charge is 2.11. The van der Waals surface area contributed by atoms with Crippen LogP contribution in [0.5, 0.6) is 0 Å². The van der Waals surface area contributed by atoms with Gasteiger partial charge in [-0.2, -0.15) is 0 Å². The summed E-state index contributed by atoms with van der Waals surface area (Å²) in [7, 11) is 0. The van der Waals surface area contributed by atoms with Crippen LogP contribution in [0.4, 0.5) is 0 Å². The summed E-state index contributed by atoms with van der Waals surface area (Å²) in [4.78, 5) is 27.7. The number of fused-ring (bicyclic) bond motifs is 1. The summed E-state index contributed by atoms with van der Waals surface area (Å²) >= 11 is 0. The van der Waals surface area contributed by atoms with Gasteiger partial charge in [-0.15, -0.1) is 0 Å². The van der Waals surface area contributed by atoms with Crippen LogP contribution in [-0.4, -0.2) is 10.9 Å². The lowest BCUT2D eigenvalue weighted by Crippen LogP contribution is -2.29. The third-order valence-electron chi connectivity index (χ3n) is 4.79. The third kappa shape index (κ3) is 3.71. The highest BCUT2D eigenvalue weighted by atomic mass is 16.2. The van der Waals surface area contributed by atoms with Crippen LogP contribution in [0, 0.1) is 6.92 Å². The molecule has 2 N–H and O–H groups in total. The number of nitrogens with one attached hydrogen (secondary N) is 2. The van der Waals surface area contributed by atoms with E-state index in [-0.39, 0.29) is 11.5 Å². The first-order valence-electron chi connectivity index (χ1n) is 9.16. The Morgan fingerprint density at radius 2 is 1.64 bits per heavy atom. The number of rotatable bonds is 4. The van der Waals surface area contributed by atoms with E-state index in [0.29, 0.717) is 12.2 Å². The van der Waals surface area contributed by atoms with Crippen LogP contribution in [0.15, 0.2) is 83.7 Å². The SMILES string of the molecule is Cc1ccc(CNC(=O)c2ccc(-c3ccc4ccccc4c3)[nH]c2=O)cc1. The van der Waals surface area contributed by atoms with Gasteiger partial charge in [0, 0.05) is 12.2 Å². The van der Waals surface area contributed by atoms with E-state index >= 15 is 0 Å². The maximum absolute atomic E-state index is 12.5. The average molecular weight is 368 g/mol. The normalized spacial score (nSPS) is 10.8. The van der Waals surface area contributed by atoms with Crippen molar-refractivity contribution in [2.75, 3.05) is 0 Å². The van der Waals surface area contributed by atoms with E-state index in [2.05, 4.69) is 10.3 Å². The molecule has 4 nitrogen and oxygen atoms in total. The van der Waals surface area contributed by atoms with Gasteiger partial charge in [-0.3, -0.25) is 9.59 Å². The fourth-order valence-electron chi connectivity index (χ4n) is 3.16. The molecule has 1 amide bonds.